The predicted molar refractivity (Wildman–Crippen MR) is 63.5 cm³/mol. The fraction of sp³-hybridized carbons (Fsp3) is 0.500. The van der Waals surface area contributed by atoms with E-state index in [4.69, 9.17) is 4.74 Å². The van der Waals surface area contributed by atoms with Crippen molar-refractivity contribution in [1.82, 2.24) is 10.6 Å². The topological polar surface area (TPSA) is 33.3 Å². The Bertz CT molecular complexity index is 276. The second-order valence-corrected chi connectivity index (χ2v) is 3.42. The third kappa shape index (κ3) is 4.32. The maximum atomic E-state index is 5.28. The van der Waals surface area contributed by atoms with Crippen molar-refractivity contribution >= 4 is 0 Å². The number of methoxy groups -OCH3 is 1. The van der Waals surface area contributed by atoms with Crippen LogP contribution in [-0.2, 0) is 6.42 Å². The Morgan fingerprint density at radius 1 is 1.13 bits per heavy atom. The summed E-state index contributed by atoms with van der Waals surface area (Å²) in [4.78, 5) is 0. The van der Waals surface area contributed by atoms with Gasteiger partial charge < -0.3 is 15.4 Å². The minimum absolute atomic E-state index is 0.980. The van der Waals surface area contributed by atoms with Gasteiger partial charge in [-0.1, -0.05) is 18.2 Å². The van der Waals surface area contributed by atoms with E-state index in [0.717, 1.165) is 31.8 Å². The standard InChI is InChI=1S/C12H20N2O/c1-13-9-10-14-8-7-11-5-3-4-6-12(11)15-2/h3-6,13-14H,7-10H2,1-2H3. The minimum Gasteiger partial charge on any atom is -0.496 e. The first-order valence-electron chi connectivity index (χ1n) is 5.35. The van der Waals surface area contributed by atoms with Crippen molar-refractivity contribution < 1.29 is 4.74 Å². The molecule has 0 aliphatic heterocycles. The molecule has 0 radical (unpaired) electrons. The lowest BCUT2D eigenvalue weighted by atomic mass is 10.1. The highest BCUT2D eigenvalue weighted by atomic mass is 16.5. The first-order chi connectivity index (χ1) is 7.38. The molecular formula is C12H20N2O. The van der Waals surface area contributed by atoms with E-state index in [1.165, 1.54) is 5.56 Å². The zero-order valence-corrected chi connectivity index (χ0v) is 9.55. The summed E-state index contributed by atoms with van der Waals surface area (Å²) in [5, 5.41) is 6.47. The third-order valence-electron chi connectivity index (χ3n) is 2.32. The number of nitrogens with one attached hydrogen (secondary N) is 2. The lowest BCUT2D eigenvalue weighted by molar-refractivity contribution is 0.409. The maximum absolute atomic E-state index is 5.28. The van der Waals surface area contributed by atoms with Gasteiger partial charge in [-0.3, -0.25) is 0 Å². The van der Waals surface area contributed by atoms with E-state index < -0.39 is 0 Å². The quantitative estimate of drug-likeness (QED) is 0.657. The number of hydrogen-bond donors (Lipinski definition) is 2. The minimum atomic E-state index is 0.980. The zero-order valence-electron chi connectivity index (χ0n) is 9.55. The fourth-order valence-corrected chi connectivity index (χ4v) is 1.47. The molecule has 1 aromatic carbocycles. The number of hydrogen-bond acceptors (Lipinski definition) is 3. The van der Waals surface area contributed by atoms with Crippen molar-refractivity contribution in [1.29, 1.82) is 0 Å². The van der Waals surface area contributed by atoms with Gasteiger partial charge in [0.2, 0.25) is 0 Å². The van der Waals surface area contributed by atoms with Gasteiger partial charge in [0.1, 0.15) is 5.75 Å². The molecular weight excluding hydrogens is 188 g/mol. The lowest BCUT2D eigenvalue weighted by Gasteiger charge is -2.08. The van der Waals surface area contributed by atoms with Gasteiger partial charge in [0, 0.05) is 13.1 Å². The maximum Gasteiger partial charge on any atom is 0.122 e. The molecule has 0 saturated heterocycles. The molecule has 0 heterocycles. The van der Waals surface area contributed by atoms with Gasteiger partial charge >= 0.3 is 0 Å². The molecule has 0 saturated carbocycles. The Morgan fingerprint density at radius 3 is 2.67 bits per heavy atom. The van der Waals surface area contributed by atoms with Crippen LogP contribution in [0.1, 0.15) is 5.56 Å². The summed E-state index contributed by atoms with van der Waals surface area (Å²) in [7, 11) is 3.68. The van der Waals surface area contributed by atoms with Crippen LogP contribution in [0.2, 0.25) is 0 Å². The van der Waals surface area contributed by atoms with Crippen molar-refractivity contribution in [2.75, 3.05) is 33.8 Å². The van der Waals surface area contributed by atoms with Gasteiger partial charge in [0.25, 0.3) is 0 Å². The molecule has 0 amide bonds. The highest BCUT2D eigenvalue weighted by Gasteiger charge is 1.99. The molecule has 3 nitrogen and oxygen atoms in total. The molecule has 0 aromatic heterocycles. The molecule has 0 bridgehead atoms. The summed E-state index contributed by atoms with van der Waals surface area (Å²) in [6.07, 6.45) is 1.01. The van der Waals surface area contributed by atoms with Crippen LogP contribution in [-0.4, -0.2) is 33.8 Å². The van der Waals surface area contributed by atoms with Crippen LogP contribution in [0.15, 0.2) is 24.3 Å². The fourth-order valence-electron chi connectivity index (χ4n) is 1.47. The van der Waals surface area contributed by atoms with Gasteiger partial charge in [-0.05, 0) is 31.6 Å². The molecule has 84 valence electrons. The largest absolute Gasteiger partial charge is 0.496 e. The van der Waals surface area contributed by atoms with Crippen LogP contribution in [0.25, 0.3) is 0 Å². The van der Waals surface area contributed by atoms with Crippen molar-refractivity contribution in [3.05, 3.63) is 29.8 Å². The number of rotatable bonds is 7. The van der Waals surface area contributed by atoms with E-state index in [2.05, 4.69) is 16.7 Å². The van der Waals surface area contributed by atoms with Crippen molar-refractivity contribution in [2.45, 2.75) is 6.42 Å². The van der Waals surface area contributed by atoms with Crippen molar-refractivity contribution in [3.8, 4) is 5.75 Å². The van der Waals surface area contributed by atoms with Crippen LogP contribution in [0.4, 0.5) is 0 Å². The summed E-state index contributed by atoms with van der Waals surface area (Å²) < 4.78 is 5.28. The van der Waals surface area contributed by atoms with Gasteiger partial charge in [-0.2, -0.15) is 0 Å². The van der Waals surface area contributed by atoms with Gasteiger partial charge in [-0.25, -0.2) is 0 Å². The Labute approximate surface area is 91.8 Å². The van der Waals surface area contributed by atoms with Crippen molar-refractivity contribution in [2.24, 2.45) is 0 Å². The second-order valence-electron chi connectivity index (χ2n) is 3.42. The molecule has 1 aromatic rings. The van der Waals surface area contributed by atoms with Crippen LogP contribution >= 0.6 is 0 Å². The van der Waals surface area contributed by atoms with Gasteiger partial charge in [0.15, 0.2) is 0 Å². The van der Waals surface area contributed by atoms with E-state index in [1.807, 2.05) is 25.2 Å². The van der Waals surface area contributed by atoms with E-state index >= 15 is 0 Å². The average Bonchev–Trinajstić information content (AvgIpc) is 2.29. The highest BCUT2D eigenvalue weighted by Crippen LogP contribution is 2.16. The molecule has 0 fully saturated rings. The molecule has 3 heteroatoms. The number of para-hydroxylation sites is 1. The van der Waals surface area contributed by atoms with Crippen LogP contribution < -0.4 is 15.4 Å². The predicted octanol–water partition coefficient (Wildman–Crippen LogP) is 1.05. The molecule has 0 aliphatic carbocycles. The summed E-state index contributed by atoms with van der Waals surface area (Å²) in [5.74, 6) is 0.980. The van der Waals surface area contributed by atoms with Crippen LogP contribution in [0.3, 0.4) is 0 Å². The molecule has 0 aliphatic rings. The summed E-state index contributed by atoms with van der Waals surface area (Å²) >= 11 is 0. The Morgan fingerprint density at radius 2 is 1.93 bits per heavy atom. The van der Waals surface area contributed by atoms with Gasteiger partial charge in [0.05, 0.1) is 7.11 Å². The summed E-state index contributed by atoms with van der Waals surface area (Å²) in [5.41, 5.74) is 1.26. The first-order valence-corrected chi connectivity index (χ1v) is 5.35. The monoisotopic (exact) mass is 208 g/mol. The van der Waals surface area contributed by atoms with E-state index in [9.17, 15) is 0 Å². The van der Waals surface area contributed by atoms with E-state index in [0.29, 0.717) is 0 Å². The van der Waals surface area contributed by atoms with E-state index in [-0.39, 0.29) is 0 Å². The molecule has 0 unspecified atom stereocenters. The Hall–Kier alpha value is -1.06. The van der Waals surface area contributed by atoms with Gasteiger partial charge in [-0.15, -0.1) is 0 Å². The van der Waals surface area contributed by atoms with Crippen LogP contribution in [0, 0.1) is 0 Å². The normalized spacial score (nSPS) is 10.3. The summed E-state index contributed by atoms with van der Waals surface area (Å²) in [6.45, 7) is 3.00. The third-order valence-corrected chi connectivity index (χ3v) is 2.32. The Balaban J connectivity index is 2.30. The summed E-state index contributed by atoms with van der Waals surface area (Å²) in [6, 6.07) is 8.16. The second kappa shape index (κ2) is 7.26. The van der Waals surface area contributed by atoms with Crippen molar-refractivity contribution in [3.63, 3.8) is 0 Å². The Kier molecular flexibility index (Phi) is 5.81. The van der Waals surface area contributed by atoms with Crippen LogP contribution in [0.5, 0.6) is 5.75 Å². The highest BCUT2D eigenvalue weighted by molar-refractivity contribution is 5.33. The molecule has 15 heavy (non-hydrogen) atoms. The number of ether oxygens (including phenoxy) is 1. The SMILES string of the molecule is CNCCNCCc1ccccc1OC. The average molecular weight is 208 g/mol. The molecule has 2 N–H and O–H groups in total. The first kappa shape index (κ1) is 12.0. The molecule has 1 rings (SSSR count). The molecule has 0 atom stereocenters. The number of benzene rings is 1. The number of likely N-dealkylation sites (N-methyl/N-ethyl adjacent to an activating group) is 1. The van der Waals surface area contributed by atoms with E-state index in [1.54, 1.807) is 7.11 Å². The molecule has 0 spiro atoms. The smallest absolute Gasteiger partial charge is 0.122 e. The zero-order chi connectivity index (χ0) is 10.9. The lowest BCUT2D eigenvalue weighted by Crippen LogP contribution is -2.26.